The molecular formula is C19H18N2O3. The summed E-state index contributed by atoms with van der Waals surface area (Å²) < 4.78 is 10.5. The highest BCUT2D eigenvalue weighted by Gasteiger charge is 2.10. The number of hydrogen-bond acceptors (Lipinski definition) is 4. The Labute approximate surface area is 139 Å². The lowest BCUT2D eigenvalue weighted by molar-refractivity contribution is 0.355. The third-order valence-electron chi connectivity index (χ3n) is 3.74. The lowest BCUT2D eigenvalue weighted by Gasteiger charge is -2.08. The van der Waals surface area contributed by atoms with Crippen LogP contribution >= 0.6 is 0 Å². The number of aromatic amines is 1. The molecule has 0 saturated carbocycles. The van der Waals surface area contributed by atoms with Gasteiger partial charge in [0.15, 0.2) is 11.5 Å². The summed E-state index contributed by atoms with van der Waals surface area (Å²) in [5, 5.41) is 0.458. The zero-order chi connectivity index (χ0) is 17.1. The molecular weight excluding hydrogens is 304 g/mol. The number of nitrogens with one attached hydrogen (secondary N) is 1. The number of methoxy groups -OCH3 is 2. The van der Waals surface area contributed by atoms with Crippen LogP contribution in [-0.4, -0.2) is 24.2 Å². The molecule has 1 aromatic heterocycles. The maximum Gasteiger partial charge on any atom is 0.259 e. The Morgan fingerprint density at radius 2 is 1.67 bits per heavy atom. The first-order valence-corrected chi connectivity index (χ1v) is 7.51. The molecule has 3 rings (SSSR count). The molecule has 0 spiro atoms. The first-order chi connectivity index (χ1) is 11.6. The minimum Gasteiger partial charge on any atom is -0.493 e. The molecule has 0 atom stereocenters. The molecule has 0 unspecified atom stereocenters. The van der Waals surface area contributed by atoms with Gasteiger partial charge in [0, 0.05) is 6.07 Å². The average Bonchev–Trinajstić information content (AvgIpc) is 2.60. The highest BCUT2D eigenvalue weighted by Crippen LogP contribution is 2.29. The fourth-order valence-corrected chi connectivity index (χ4v) is 2.42. The van der Waals surface area contributed by atoms with E-state index in [2.05, 4.69) is 9.97 Å². The van der Waals surface area contributed by atoms with Gasteiger partial charge in [-0.05, 0) is 24.6 Å². The van der Waals surface area contributed by atoms with Crippen molar-refractivity contribution in [2.24, 2.45) is 0 Å². The van der Waals surface area contributed by atoms with Gasteiger partial charge < -0.3 is 14.5 Å². The highest BCUT2D eigenvalue weighted by molar-refractivity contribution is 5.83. The van der Waals surface area contributed by atoms with E-state index in [1.54, 1.807) is 25.3 Å². The minimum absolute atomic E-state index is 0.218. The SMILES string of the molecule is COc1cc2nc(/C=C/c3ccc(C)cc3)[nH]c(=O)c2cc1OC. The molecule has 0 amide bonds. The van der Waals surface area contributed by atoms with Crippen LogP contribution in [0.3, 0.4) is 0 Å². The summed E-state index contributed by atoms with van der Waals surface area (Å²) in [4.78, 5) is 19.5. The summed E-state index contributed by atoms with van der Waals surface area (Å²) in [7, 11) is 3.08. The van der Waals surface area contributed by atoms with Crippen LogP contribution in [0.1, 0.15) is 17.0 Å². The zero-order valence-corrected chi connectivity index (χ0v) is 13.8. The van der Waals surface area contributed by atoms with Crippen molar-refractivity contribution >= 4 is 23.1 Å². The summed E-state index contributed by atoms with van der Waals surface area (Å²) in [5.74, 6) is 1.53. The maximum absolute atomic E-state index is 12.3. The van der Waals surface area contributed by atoms with E-state index in [1.807, 2.05) is 37.3 Å². The van der Waals surface area contributed by atoms with Gasteiger partial charge in [0.1, 0.15) is 5.82 Å². The normalized spacial score (nSPS) is 11.1. The molecule has 0 radical (unpaired) electrons. The fraction of sp³-hybridized carbons (Fsp3) is 0.158. The number of aromatic nitrogens is 2. The monoisotopic (exact) mass is 322 g/mol. The van der Waals surface area contributed by atoms with Crippen molar-refractivity contribution in [3.63, 3.8) is 0 Å². The number of ether oxygens (including phenoxy) is 2. The number of benzene rings is 2. The number of hydrogen-bond donors (Lipinski definition) is 1. The van der Waals surface area contributed by atoms with Crippen LogP contribution in [0.2, 0.25) is 0 Å². The molecule has 3 aromatic rings. The van der Waals surface area contributed by atoms with Crippen LogP contribution in [0.15, 0.2) is 41.2 Å². The molecule has 24 heavy (non-hydrogen) atoms. The molecule has 2 aromatic carbocycles. The fourth-order valence-electron chi connectivity index (χ4n) is 2.42. The standard InChI is InChI=1S/C19H18N2O3/c1-12-4-6-13(7-5-12)8-9-18-20-15-11-17(24-3)16(23-2)10-14(15)19(22)21-18/h4-11H,1-3H3,(H,20,21,22)/b9-8+. The van der Waals surface area contributed by atoms with E-state index in [9.17, 15) is 4.79 Å². The van der Waals surface area contributed by atoms with E-state index in [1.165, 1.54) is 12.7 Å². The van der Waals surface area contributed by atoms with Crippen LogP contribution in [0.25, 0.3) is 23.1 Å². The van der Waals surface area contributed by atoms with Crippen LogP contribution in [0.5, 0.6) is 11.5 Å². The van der Waals surface area contributed by atoms with Gasteiger partial charge in [-0.15, -0.1) is 0 Å². The van der Waals surface area contributed by atoms with E-state index in [0.29, 0.717) is 28.2 Å². The Kier molecular flexibility index (Phi) is 4.33. The summed E-state index contributed by atoms with van der Waals surface area (Å²) in [6.45, 7) is 2.04. The average molecular weight is 322 g/mol. The van der Waals surface area contributed by atoms with E-state index in [-0.39, 0.29) is 5.56 Å². The second-order valence-corrected chi connectivity index (χ2v) is 5.42. The predicted molar refractivity (Wildman–Crippen MR) is 95.6 cm³/mol. The summed E-state index contributed by atoms with van der Waals surface area (Å²) in [5.41, 5.74) is 2.57. The van der Waals surface area contributed by atoms with Crippen LogP contribution < -0.4 is 15.0 Å². The van der Waals surface area contributed by atoms with Crippen LogP contribution in [-0.2, 0) is 0 Å². The molecule has 0 aliphatic rings. The molecule has 0 aliphatic heterocycles. The van der Waals surface area contributed by atoms with Gasteiger partial charge in [0.2, 0.25) is 0 Å². The Bertz CT molecular complexity index is 957. The molecule has 0 saturated heterocycles. The van der Waals surface area contributed by atoms with Crippen molar-refractivity contribution in [3.05, 3.63) is 63.7 Å². The summed E-state index contributed by atoms with van der Waals surface area (Å²) in [6, 6.07) is 11.4. The third-order valence-corrected chi connectivity index (χ3v) is 3.74. The van der Waals surface area contributed by atoms with Gasteiger partial charge in [0.05, 0.1) is 25.1 Å². The number of H-pyrrole nitrogens is 1. The molecule has 0 fully saturated rings. The highest BCUT2D eigenvalue weighted by atomic mass is 16.5. The predicted octanol–water partition coefficient (Wildman–Crippen LogP) is 3.42. The minimum atomic E-state index is -0.218. The van der Waals surface area contributed by atoms with E-state index < -0.39 is 0 Å². The number of nitrogens with zero attached hydrogens (tertiary/aromatic N) is 1. The molecule has 0 aliphatic carbocycles. The summed E-state index contributed by atoms with van der Waals surface area (Å²) in [6.07, 6.45) is 3.69. The summed E-state index contributed by atoms with van der Waals surface area (Å²) >= 11 is 0. The molecule has 5 heteroatoms. The van der Waals surface area contributed by atoms with Gasteiger partial charge >= 0.3 is 0 Å². The molecule has 122 valence electrons. The van der Waals surface area contributed by atoms with Gasteiger partial charge in [-0.3, -0.25) is 4.79 Å². The van der Waals surface area contributed by atoms with Crippen molar-refractivity contribution in [1.82, 2.24) is 9.97 Å². The van der Waals surface area contributed by atoms with Crippen molar-refractivity contribution in [1.29, 1.82) is 0 Å². The van der Waals surface area contributed by atoms with Gasteiger partial charge in [-0.1, -0.05) is 35.9 Å². The van der Waals surface area contributed by atoms with Crippen molar-refractivity contribution < 1.29 is 9.47 Å². The Morgan fingerprint density at radius 3 is 2.33 bits per heavy atom. The molecule has 1 heterocycles. The van der Waals surface area contributed by atoms with Gasteiger partial charge in [-0.25, -0.2) is 4.98 Å². The zero-order valence-electron chi connectivity index (χ0n) is 13.8. The lowest BCUT2D eigenvalue weighted by Crippen LogP contribution is -2.10. The third kappa shape index (κ3) is 3.15. The Balaban J connectivity index is 2.03. The van der Waals surface area contributed by atoms with Crippen molar-refractivity contribution in [2.75, 3.05) is 14.2 Å². The van der Waals surface area contributed by atoms with Crippen molar-refractivity contribution in [3.8, 4) is 11.5 Å². The Hall–Kier alpha value is -3.08. The van der Waals surface area contributed by atoms with E-state index in [0.717, 1.165) is 5.56 Å². The number of fused-ring (bicyclic) bond motifs is 1. The smallest absolute Gasteiger partial charge is 0.259 e. The first kappa shape index (κ1) is 15.8. The largest absolute Gasteiger partial charge is 0.493 e. The number of aryl methyl sites for hydroxylation is 1. The second-order valence-electron chi connectivity index (χ2n) is 5.42. The first-order valence-electron chi connectivity index (χ1n) is 7.51. The molecule has 0 bridgehead atoms. The van der Waals surface area contributed by atoms with Gasteiger partial charge in [-0.2, -0.15) is 0 Å². The molecule has 5 nitrogen and oxygen atoms in total. The topological polar surface area (TPSA) is 64.2 Å². The van der Waals surface area contributed by atoms with E-state index in [4.69, 9.17) is 9.47 Å². The van der Waals surface area contributed by atoms with E-state index >= 15 is 0 Å². The maximum atomic E-state index is 12.3. The van der Waals surface area contributed by atoms with Crippen LogP contribution in [0, 0.1) is 6.92 Å². The van der Waals surface area contributed by atoms with Gasteiger partial charge in [0.25, 0.3) is 5.56 Å². The lowest BCUT2D eigenvalue weighted by atomic mass is 10.1. The number of rotatable bonds is 4. The second kappa shape index (κ2) is 6.58. The quantitative estimate of drug-likeness (QED) is 0.799. The van der Waals surface area contributed by atoms with Crippen molar-refractivity contribution in [2.45, 2.75) is 6.92 Å². The molecule has 1 N–H and O–H groups in total. The Morgan fingerprint density at radius 1 is 1.00 bits per heavy atom. The van der Waals surface area contributed by atoms with Crippen LogP contribution in [0.4, 0.5) is 0 Å².